The molecule has 0 radical (unpaired) electrons. The van der Waals surface area contributed by atoms with Crippen LogP contribution in [0.3, 0.4) is 0 Å². The van der Waals surface area contributed by atoms with Crippen molar-refractivity contribution in [2.45, 2.75) is 33.6 Å². The zero-order chi connectivity index (χ0) is 16.7. The van der Waals surface area contributed by atoms with Gasteiger partial charge in [-0.15, -0.1) is 11.3 Å². The van der Waals surface area contributed by atoms with Gasteiger partial charge in [-0.1, -0.05) is 20.8 Å². The minimum atomic E-state index is 0.212. The number of thiophene rings is 1. The maximum Gasteiger partial charge on any atom is 0.263 e. The largest absolute Gasteiger partial charge is 0.337 e. The maximum absolute atomic E-state index is 12.7. The summed E-state index contributed by atoms with van der Waals surface area (Å²) in [5.41, 5.74) is 0. The van der Waals surface area contributed by atoms with Crippen LogP contribution in [0.4, 0.5) is 0 Å². The standard InChI is InChI=1S/C18H31N3OS/c1-4-9-21(18(22)17-8-7-16(5-2)23-17)15-14-20-12-10-19(6-3)11-13-20/h7-8H,4-6,9-15H2,1-3H3. The van der Waals surface area contributed by atoms with Crippen LogP contribution in [0.25, 0.3) is 0 Å². The van der Waals surface area contributed by atoms with Crippen LogP contribution in [0.2, 0.25) is 0 Å². The molecule has 130 valence electrons. The van der Waals surface area contributed by atoms with Gasteiger partial charge in [0.25, 0.3) is 5.91 Å². The van der Waals surface area contributed by atoms with Gasteiger partial charge in [-0.2, -0.15) is 0 Å². The molecular formula is C18H31N3OS. The van der Waals surface area contributed by atoms with Gasteiger partial charge >= 0.3 is 0 Å². The van der Waals surface area contributed by atoms with Crippen molar-refractivity contribution in [3.05, 3.63) is 21.9 Å². The molecule has 23 heavy (non-hydrogen) atoms. The van der Waals surface area contributed by atoms with Gasteiger partial charge in [-0.25, -0.2) is 0 Å². The fraction of sp³-hybridized carbons (Fsp3) is 0.722. The number of piperazine rings is 1. The van der Waals surface area contributed by atoms with E-state index in [0.29, 0.717) is 0 Å². The van der Waals surface area contributed by atoms with E-state index < -0.39 is 0 Å². The number of carbonyl (C=O) groups excluding carboxylic acids is 1. The summed E-state index contributed by atoms with van der Waals surface area (Å²) in [6.07, 6.45) is 2.02. The Bertz CT molecular complexity index is 480. The fourth-order valence-electron chi connectivity index (χ4n) is 3.01. The second-order valence-corrected chi connectivity index (χ2v) is 7.36. The summed E-state index contributed by atoms with van der Waals surface area (Å²) >= 11 is 1.65. The molecule has 0 atom stereocenters. The van der Waals surface area contributed by atoms with E-state index in [9.17, 15) is 4.79 Å². The van der Waals surface area contributed by atoms with Gasteiger partial charge in [-0.3, -0.25) is 9.69 Å². The Hall–Kier alpha value is -0.910. The summed E-state index contributed by atoms with van der Waals surface area (Å²) in [7, 11) is 0. The molecule has 1 saturated heterocycles. The predicted molar refractivity (Wildman–Crippen MR) is 98.4 cm³/mol. The van der Waals surface area contributed by atoms with Gasteiger partial charge in [-0.05, 0) is 31.5 Å². The van der Waals surface area contributed by atoms with Crippen LogP contribution >= 0.6 is 11.3 Å². The first-order valence-electron chi connectivity index (χ1n) is 9.00. The summed E-state index contributed by atoms with van der Waals surface area (Å²) < 4.78 is 0. The molecule has 1 fully saturated rings. The predicted octanol–water partition coefficient (Wildman–Crippen LogP) is 2.80. The number of carbonyl (C=O) groups is 1. The minimum Gasteiger partial charge on any atom is -0.337 e. The lowest BCUT2D eigenvalue weighted by molar-refractivity contribution is 0.0713. The number of aryl methyl sites for hydroxylation is 1. The highest BCUT2D eigenvalue weighted by molar-refractivity contribution is 7.14. The van der Waals surface area contributed by atoms with Crippen molar-refractivity contribution < 1.29 is 4.79 Å². The highest BCUT2D eigenvalue weighted by Gasteiger charge is 2.20. The molecule has 0 bridgehead atoms. The van der Waals surface area contributed by atoms with E-state index in [1.807, 2.05) is 11.0 Å². The first-order chi connectivity index (χ1) is 11.2. The molecule has 1 aromatic rings. The third kappa shape index (κ3) is 5.30. The second kappa shape index (κ2) is 9.40. The van der Waals surface area contributed by atoms with Gasteiger partial charge in [0.15, 0.2) is 0 Å². The molecule has 4 nitrogen and oxygen atoms in total. The van der Waals surface area contributed by atoms with E-state index in [2.05, 4.69) is 36.6 Å². The third-order valence-electron chi connectivity index (χ3n) is 4.60. The van der Waals surface area contributed by atoms with E-state index in [1.54, 1.807) is 11.3 Å². The molecule has 5 heteroatoms. The molecule has 2 heterocycles. The summed E-state index contributed by atoms with van der Waals surface area (Å²) in [5, 5.41) is 0. The van der Waals surface area contributed by atoms with Crippen molar-refractivity contribution in [1.29, 1.82) is 0 Å². The van der Waals surface area contributed by atoms with Gasteiger partial charge in [0.1, 0.15) is 0 Å². The molecule has 0 unspecified atom stereocenters. The highest BCUT2D eigenvalue weighted by atomic mass is 32.1. The Morgan fingerprint density at radius 1 is 1.09 bits per heavy atom. The smallest absolute Gasteiger partial charge is 0.263 e. The lowest BCUT2D eigenvalue weighted by Gasteiger charge is -2.35. The summed E-state index contributed by atoms with van der Waals surface area (Å²) in [6.45, 7) is 14.9. The number of nitrogens with zero attached hydrogens (tertiary/aromatic N) is 3. The summed E-state index contributed by atoms with van der Waals surface area (Å²) in [4.78, 5) is 22.0. The van der Waals surface area contributed by atoms with Gasteiger partial charge < -0.3 is 9.80 Å². The van der Waals surface area contributed by atoms with Crippen LogP contribution in [-0.2, 0) is 6.42 Å². The third-order valence-corrected chi connectivity index (χ3v) is 5.82. The number of hydrogen-bond donors (Lipinski definition) is 0. The van der Waals surface area contributed by atoms with Gasteiger partial charge in [0.2, 0.25) is 0 Å². The van der Waals surface area contributed by atoms with Crippen LogP contribution in [0.15, 0.2) is 12.1 Å². The molecule has 0 aromatic carbocycles. The van der Waals surface area contributed by atoms with Gasteiger partial charge in [0.05, 0.1) is 4.88 Å². The molecule has 1 aromatic heterocycles. The molecule has 0 saturated carbocycles. The van der Waals surface area contributed by atoms with Gasteiger partial charge in [0, 0.05) is 50.7 Å². The van der Waals surface area contributed by atoms with E-state index in [4.69, 9.17) is 0 Å². The topological polar surface area (TPSA) is 26.8 Å². The zero-order valence-electron chi connectivity index (χ0n) is 14.9. The average molecular weight is 338 g/mol. The molecule has 1 amide bonds. The molecule has 1 aliphatic rings. The normalized spacial score (nSPS) is 16.7. The molecule has 0 N–H and O–H groups in total. The molecule has 0 aliphatic carbocycles. The van der Waals surface area contributed by atoms with Crippen LogP contribution in [0, 0.1) is 0 Å². The van der Waals surface area contributed by atoms with Crippen molar-refractivity contribution in [3.63, 3.8) is 0 Å². The van der Waals surface area contributed by atoms with E-state index >= 15 is 0 Å². The summed E-state index contributed by atoms with van der Waals surface area (Å²) in [6, 6.07) is 4.08. The van der Waals surface area contributed by atoms with Crippen LogP contribution < -0.4 is 0 Å². The quantitative estimate of drug-likeness (QED) is 0.730. The molecule has 1 aliphatic heterocycles. The SMILES string of the molecule is CCCN(CCN1CCN(CC)CC1)C(=O)c1ccc(CC)s1. The minimum absolute atomic E-state index is 0.212. The number of rotatable bonds is 8. The van der Waals surface area contributed by atoms with Crippen LogP contribution in [-0.4, -0.2) is 73.0 Å². The van der Waals surface area contributed by atoms with Crippen molar-refractivity contribution in [2.75, 3.05) is 52.4 Å². The highest BCUT2D eigenvalue weighted by Crippen LogP contribution is 2.19. The first kappa shape index (κ1) is 18.4. The molecular weight excluding hydrogens is 306 g/mol. The van der Waals surface area contributed by atoms with E-state index in [0.717, 1.165) is 70.1 Å². The van der Waals surface area contributed by atoms with E-state index in [1.165, 1.54) is 4.88 Å². The Morgan fingerprint density at radius 3 is 2.35 bits per heavy atom. The lowest BCUT2D eigenvalue weighted by atomic mass is 10.3. The van der Waals surface area contributed by atoms with Crippen molar-refractivity contribution in [1.82, 2.24) is 14.7 Å². The lowest BCUT2D eigenvalue weighted by Crippen LogP contribution is -2.48. The Labute approximate surface area is 145 Å². The number of likely N-dealkylation sites (N-methyl/N-ethyl adjacent to an activating group) is 1. The van der Waals surface area contributed by atoms with Crippen molar-refractivity contribution in [2.24, 2.45) is 0 Å². The zero-order valence-corrected chi connectivity index (χ0v) is 15.7. The number of hydrogen-bond acceptors (Lipinski definition) is 4. The van der Waals surface area contributed by atoms with Crippen molar-refractivity contribution >= 4 is 17.2 Å². The fourth-order valence-corrected chi connectivity index (χ4v) is 3.93. The Morgan fingerprint density at radius 2 is 1.78 bits per heavy atom. The average Bonchev–Trinajstić information content (AvgIpc) is 3.07. The van der Waals surface area contributed by atoms with E-state index in [-0.39, 0.29) is 5.91 Å². The number of amides is 1. The Balaban J connectivity index is 1.87. The molecule has 0 spiro atoms. The first-order valence-corrected chi connectivity index (χ1v) is 9.82. The summed E-state index contributed by atoms with van der Waals surface area (Å²) in [5.74, 6) is 0.212. The Kier molecular flexibility index (Phi) is 7.53. The van der Waals surface area contributed by atoms with Crippen LogP contribution in [0.5, 0.6) is 0 Å². The van der Waals surface area contributed by atoms with Crippen LogP contribution in [0.1, 0.15) is 41.7 Å². The van der Waals surface area contributed by atoms with Crippen molar-refractivity contribution in [3.8, 4) is 0 Å². The monoisotopic (exact) mass is 337 g/mol. The second-order valence-electron chi connectivity index (χ2n) is 6.19. The maximum atomic E-state index is 12.7. The molecule has 2 rings (SSSR count).